The molecule has 0 aliphatic rings. The number of phenolic OH excluding ortho intramolecular Hbond substituents is 1. The fourth-order valence-corrected chi connectivity index (χ4v) is 3.20. The number of hydrogen-bond donors (Lipinski definition) is 4. The van der Waals surface area contributed by atoms with Crippen molar-refractivity contribution in [2.75, 3.05) is 10.6 Å². The van der Waals surface area contributed by atoms with E-state index in [1.807, 2.05) is 0 Å². The number of rotatable bonds is 5. The first-order chi connectivity index (χ1) is 14.7. The van der Waals surface area contributed by atoms with Gasteiger partial charge in [-0.3, -0.25) is 4.79 Å². The molecule has 3 rings (SSSR count). The Balaban J connectivity index is 1.70. The Bertz CT molecular complexity index is 1140. The molecule has 0 radical (unpaired) electrons. The topological polar surface area (TPSA) is 90.5 Å². The zero-order valence-electron chi connectivity index (χ0n) is 16.3. The molecule has 0 atom stereocenters. The van der Waals surface area contributed by atoms with E-state index >= 15 is 0 Å². The minimum Gasteiger partial charge on any atom is -0.508 e. The second-order valence-electron chi connectivity index (χ2n) is 6.70. The van der Waals surface area contributed by atoms with E-state index in [2.05, 4.69) is 31.9 Å². The van der Waals surface area contributed by atoms with Gasteiger partial charge in [0.1, 0.15) is 17.4 Å². The van der Waals surface area contributed by atoms with Gasteiger partial charge in [0.05, 0.1) is 11.3 Å². The van der Waals surface area contributed by atoms with Crippen molar-refractivity contribution in [3.05, 3.63) is 87.4 Å². The fraction of sp³-hybridized carbons (Fsp3) is 0.0909. The SMILES string of the molecule is Cc1cc(NC(=O)c2cc(NC(=O)NCc3ccc(O)cc3)c(F)cc2Br)ccc1F. The Morgan fingerprint density at radius 2 is 1.68 bits per heavy atom. The second kappa shape index (κ2) is 9.57. The van der Waals surface area contributed by atoms with Crippen molar-refractivity contribution in [3.63, 3.8) is 0 Å². The largest absolute Gasteiger partial charge is 0.508 e. The van der Waals surface area contributed by atoms with Crippen molar-refractivity contribution in [1.29, 1.82) is 0 Å². The quantitative estimate of drug-likeness (QED) is 0.391. The van der Waals surface area contributed by atoms with E-state index in [0.717, 1.165) is 11.6 Å². The predicted molar refractivity (Wildman–Crippen MR) is 117 cm³/mol. The molecule has 3 amide bonds. The van der Waals surface area contributed by atoms with Gasteiger partial charge in [-0.1, -0.05) is 12.1 Å². The summed E-state index contributed by atoms with van der Waals surface area (Å²) in [5.41, 5.74) is 1.37. The van der Waals surface area contributed by atoms with Gasteiger partial charge in [-0.2, -0.15) is 0 Å². The molecule has 0 bridgehead atoms. The van der Waals surface area contributed by atoms with Crippen LogP contribution in [-0.2, 0) is 6.54 Å². The molecular formula is C22H18BrF2N3O3. The average molecular weight is 490 g/mol. The van der Waals surface area contributed by atoms with Crippen LogP contribution >= 0.6 is 15.9 Å². The minimum absolute atomic E-state index is 0.0808. The van der Waals surface area contributed by atoms with E-state index in [9.17, 15) is 23.5 Å². The Morgan fingerprint density at radius 1 is 0.968 bits per heavy atom. The lowest BCUT2D eigenvalue weighted by Gasteiger charge is -2.12. The van der Waals surface area contributed by atoms with Gasteiger partial charge < -0.3 is 21.1 Å². The van der Waals surface area contributed by atoms with Gasteiger partial charge in [-0.05, 0) is 76.4 Å². The number of halogens is 3. The summed E-state index contributed by atoms with van der Waals surface area (Å²) in [4.78, 5) is 24.8. The molecule has 0 spiro atoms. The molecule has 3 aromatic carbocycles. The van der Waals surface area contributed by atoms with Crippen molar-refractivity contribution in [1.82, 2.24) is 5.32 Å². The summed E-state index contributed by atoms with van der Waals surface area (Å²) >= 11 is 3.15. The normalized spacial score (nSPS) is 10.5. The van der Waals surface area contributed by atoms with Gasteiger partial charge >= 0.3 is 6.03 Å². The Labute approximate surface area is 185 Å². The number of anilines is 2. The highest BCUT2D eigenvalue weighted by atomic mass is 79.9. The highest BCUT2D eigenvalue weighted by Crippen LogP contribution is 2.26. The third kappa shape index (κ3) is 5.79. The standard InChI is InChI=1S/C22H18BrF2N3O3/c1-12-8-14(4-7-18(12)24)27-21(30)16-9-20(19(25)10-17(16)23)28-22(31)26-11-13-2-5-15(29)6-3-13/h2-10,29H,11H2,1H3,(H,27,30)(H2,26,28,31). The summed E-state index contributed by atoms with van der Waals surface area (Å²) in [6.07, 6.45) is 0. The third-order valence-electron chi connectivity index (χ3n) is 4.35. The molecule has 3 aromatic rings. The smallest absolute Gasteiger partial charge is 0.319 e. The molecule has 4 N–H and O–H groups in total. The maximum absolute atomic E-state index is 14.3. The third-order valence-corrected chi connectivity index (χ3v) is 5.01. The van der Waals surface area contributed by atoms with Crippen LogP contribution in [0.25, 0.3) is 0 Å². The van der Waals surface area contributed by atoms with E-state index < -0.39 is 23.6 Å². The molecule has 6 nitrogen and oxygen atoms in total. The molecule has 0 aliphatic heterocycles. The minimum atomic E-state index is -0.735. The van der Waals surface area contributed by atoms with Crippen molar-refractivity contribution >= 4 is 39.2 Å². The van der Waals surface area contributed by atoms with Crippen LogP contribution in [0.5, 0.6) is 5.75 Å². The van der Waals surface area contributed by atoms with Crippen LogP contribution in [0, 0.1) is 18.6 Å². The molecule has 0 aromatic heterocycles. The summed E-state index contributed by atoms with van der Waals surface area (Å²) in [6.45, 7) is 1.72. The number of benzene rings is 3. The molecule has 0 saturated carbocycles. The molecule has 31 heavy (non-hydrogen) atoms. The summed E-state index contributed by atoms with van der Waals surface area (Å²) in [6, 6.07) is 11.9. The molecule has 0 saturated heterocycles. The van der Waals surface area contributed by atoms with Gasteiger partial charge in [-0.15, -0.1) is 0 Å². The first kappa shape index (κ1) is 22.2. The maximum Gasteiger partial charge on any atom is 0.319 e. The molecular weight excluding hydrogens is 472 g/mol. The number of phenols is 1. The van der Waals surface area contributed by atoms with Crippen LogP contribution in [0.4, 0.5) is 25.0 Å². The summed E-state index contributed by atoms with van der Waals surface area (Å²) in [5, 5.41) is 16.8. The van der Waals surface area contributed by atoms with Crippen LogP contribution in [0.1, 0.15) is 21.5 Å². The summed E-state index contributed by atoms with van der Waals surface area (Å²) in [5.74, 6) is -1.59. The predicted octanol–water partition coefficient (Wildman–Crippen LogP) is 5.32. The van der Waals surface area contributed by atoms with Crippen LogP contribution in [0.15, 0.2) is 59.1 Å². The lowest BCUT2D eigenvalue weighted by Crippen LogP contribution is -2.28. The van der Waals surface area contributed by atoms with Gasteiger partial charge in [0.15, 0.2) is 0 Å². The van der Waals surface area contributed by atoms with Gasteiger partial charge in [0, 0.05) is 16.7 Å². The summed E-state index contributed by atoms with van der Waals surface area (Å²) in [7, 11) is 0. The average Bonchev–Trinajstić information content (AvgIpc) is 2.72. The van der Waals surface area contributed by atoms with Crippen molar-refractivity contribution in [3.8, 4) is 5.75 Å². The van der Waals surface area contributed by atoms with Crippen LogP contribution < -0.4 is 16.0 Å². The number of carbonyl (C=O) groups is 2. The van der Waals surface area contributed by atoms with E-state index in [4.69, 9.17) is 0 Å². The van der Waals surface area contributed by atoms with E-state index in [1.54, 1.807) is 19.1 Å². The first-order valence-electron chi connectivity index (χ1n) is 9.12. The Hall–Kier alpha value is -3.46. The fourth-order valence-electron chi connectivity index (χ4n) is 2.70. The number of aryl methyl sites for hydroxylation is 1. The number of nitrogens with one attached hydrogen (secondary N) is 3. The number of aromatic hydroxyl groups is 1. The van der Waals surface area contributed by atoms with E-state index in [-0.39, 0.29) is 28.0 Å². The molecule has 0 fully saturated rings. The highest BCUT2D eigenvalue weighted by molar-refractivity contribution is 9.10. The molecule has 0 heterocycles. The van der Waals surface area contributed by atoms with Gasteiger partial charge in [0.25, 0.3) is 5.91 Å². The lowest BCUT2D eigenvalue weighted by molar-refractivity contribution is 0.102. The second-order valence-corrected chi connectivity index (χ2v) is 7.56. The highest BCUT2D eigenvalue weighted by Gasteiger charge is 2.17. The summed E-state index contributed by atoms with van der Waals surface area (Å²) < 4.78 is 27.9. The molecule has 160 valence electrons. The lowest BCUT2D eigenvalue weighted by atomic mass is 10.1. The van der Waals surface area contributed by atoms with Crippen molar-refractivity contribution in [2.24, 2.45) is 0 Å². The van der Waals surface area contributed by atoms with Crippen molar-refractivity contribution < 1.29 is 23.5 Å². The van der Waals surface area contributed by atoms with Gasteiger partial charge in [-0.25, -0.2) is 13.6 Å². The van der Waals surface area contributed by atoms with Crippen LogP contribution in [0.3, 0.4) is 0 Å². The number of carbonyl (C=O) groups excluding carboxylic acids is 2. The number of hydrogen-bond acceptors (Lipinski definition) is 3. The Morgan fingerprint density at radius 3 is 2.35 bits per heavy atom. The number of amides is 3. The molecule has 0 aliphatic carbocycles. The molecule has 9 heteroatoms. The monoisotopic (exact) mass is 489 g/mol. The molecule has 0 unspecified atom stereocenters. The van der Waals surface area contributed by atoms with Crippen LogP contribution in [-0.4, -0.2) is 17.0 Å². The first-order valence-corrected chi connectivity index (χ1v) is 9.91. The van der Waals surface area contributed by atoms with Crippen LogP contribution in [0.2, 0.25) is 0 Å². The van der Waals surface area contributed by atoms with E-state index in [0.29, 0.717) is 11.3 Å². The number of urea groups is 1. The zero-order valence-corrected chi connectivity index (χ0v) is 17.9. The van der Waals surface area contributed by atoms with E-state index in [1.165, 1.54) is 36.4 Å². The van der Waals surface area contributed by atoms with Crippen molar-refractivity contribution in [2.45, 2.75) is 13.5 Å². The zero-order chi connectivity index (χ0) is 22.5. The van der Waals surface area contributed by atoms with Gasteiger partial charge in [0.2, 0.25) is 0 Å². The maximum atomic E-state index is 14.3. The Kier molecular flexibility index (Phi) is 6.86.